The summed E-state index contributed by atoms with van der Waals surface area (Å²) in [5, 5.41) is 2.95. The monoisotopic (exact) mass is 463 g/mol. The maximum Gasteiger partial charge on any atom is 0.243 e. The Bertz CT molecular complexity index is 1090. The summed E-state index contributed by atoms with van der Waals surface area (Å²) >= 11 is 0. The van der Waals surface area contributed by atoms with Gasteiger partial charge >= 0.3 is 0 Å². The summed E-state index contributed by atoms with van der Waals surface area (Å²) < 4.78 is 11.1. The Kier molecular flexibility index (Phi) is 6.91. The highest BCUT2D eigenvalue weighted by atomic mass is 16.5. The van der Waals surface area contributed by atoms with Gasteiger partial charge in [0.25, 0.3) is 0 Å². The molecule has 180 valence electrons. The van der Waals surface area contributed by atoms with Crippen LogP contribution in [0.2, 0.25) is 0 Å². The Morgan fingerprint density at radius 3 is 2.29 bits per heavy atom. The molecule has 1 unspecified atom stereocenters. The van der Waals surface area contributed by atoms with Gasteiger partial charge in [0.1, 0.15) is 0 Å². The van der Waals surface area contributed by atoms with Crippen LogP contribution in [0.25, 0.3) is 0 Å². The fourth-order valence-corrected chi connectivity index (χ4v) is 4.80. The Morgan fingerprint density at radius 2 is 1.65 bits per heavy atom. The molecule has 4 rings (SSSR count). The normalized spacial score (nSPS) is 17.8. The molecule has 2 aromatic carbocycles. The number of fused-ring (bicyclic) bond motifs is 1. The minimum absolute atomic E-state index is 0.203. The molecule has 1 atom stereocenters. The van der Waals surface area contributed by atoms with Gasteiger partial charge in [0.15, 0.2) is 17.4 Å². The van der Waals surface area contributed by atoms with E-state index in [1.165, 1.54) is 0 Å². The molecule has 0 saturated carbocycles. The molecule has 7 heteroatoms. The van der Waals surface area contributed by atoms with Crippen molar-refractivity contribution in [3.63, 3.8) is 0 Å². The average Bonchev–Trinajstić information content (AvgIpc) is 2.83. The molecular formula is C27H33N3O4. The lowest BCUT2D eigenvalue weighted by Crippen LogP contribution is -2.48. The number of methoxy groups -OCH3 is 2. The van der Waals surface area contributed by atoms with Gasteiger partial charge in [-0.15, -0.1) is 0 Å². The third kappa shape index (κ3) is 4.93. The first kappa shape index (κ1) is 23.8. The van der Waals surface area contributed by atoms with Crippen LogP contribution in [-0.2, 0) is 16.0 Å². The van der Waals surface area contributed by atoms with Crippen LogP contribution in [0.3, 0.4) is 0 Å². The molecule has 0 aliphatic carbocycles. The molecule has 0 aromatic heterocycles. The first-order valence-electron chi connectivity index (χ1n) is 11.8. The number of amides is 2. The molecule has 1 saturated heterocycles. The van der Waals surface area contributed by atoms with E-state index in [2.05, 4.69) is 5.32 Å². The number of para-hydroxylation sites is 1. The molecule has 2 heterocycles. The zero-order valence-corrected chi connectivity index (χ0v) is 20.4. The van der Waals surface area contributed by atoms with E-state index in [1.807, 2.05) is 61.2 Å². The average molecular weight is 464 g/mol. The fraction of sp³-hybridized carbons (Fsp3) is 0.444. The van der Waals surface area contributed by atoms with E-state index >= 15 is 0 Å². The van der Waals surface area contributed by atoms with Gasteiger partial charge in [-0.3, -0.25) is 14.6 Å². The number of benzene rings is 2. The van der Waals surface area contributed by atoms with Crippen molar-refractivity contribution in [1.29, 1.82) is 0 Å². The van der Waals surface area contributed by atoms with E-state index < -0.39 is 11.5 Å². The van der Waals surface area contributed by atoms with Gasteiger partial charge in [0, 0.05) is 24.3 Å². The summed E-state index contributed by atoms with van der Waals surface area (Å²) in [5.41, 5.74) is 2.39. The molecule has 1 fully saturated rings. The van der Waals surface area contributed by atoms with Crippen molar-refractivity contribution in [2.45, 2.75) is 45.1 Å². The summed E-state index contributed by atoms with van der Waals surface area (Å²) in [6, 6.07) is 13.0. The topological polar surface area (TPSA) is 80.2 Å². The minimum Gasteiger partial charge on any atom is -0.493 e. The van der Waals surface area contributed by atoms with Gasteiger partial charge in [-0.05, 0) is 69.4 Å². The number of carbonyl (C=O) groups is 2. The number of carbonyl (C=O) groups excluding carboxylic acids is 2. The van der Waals surface area contributed by atoms with Crippen LogP contribution in [0, 0.1) is 5.92 Å². The van der Waals surface area contributed by atoms with E-state index in [-0.39, 0.29) is 11.8 Å². The molecule has 0 radical (unpaired) electrons. The zero-order valence-electron chi connectivity index (χ0n) is 20.4. The Balaban J connectivity index is 1.81. The molecule has 0 bridgehead atoms. The van der Waals surface area contributed by atoms with E-state index in [0.29, 0.717) is 42.4 Å². The van der Waals surface area contributed by atoms with E-state index in [9.17, 15) is 9.59 Å². The highest BCUT2D eigenvalue weighted by molar-refractivity contribution is 6.28. The highest BCUT2D eigenvalue weighted by Gasteiger charge is 2.41. The summed E-state index contributed by atoms with van der Waals surface area (Å²) in [5.74, 6) is -0.480. The molecule has 2 aliphatic rings. The van der Waals surface area contributed by atoms with Crippen LogP contribution in [-0.4, -0.2) is 55.3 Å². The zero-order chi connectivity index (χ0) is 24.3. The maximum atomic E-state index is 13.9. The van der Waals surface area contributed by atoms with Gasteiger partial charge in [0.05, 0.1) is 25.5 Å². The molecule has 2 aromatic rings. The van der Waals surface area contributed by atoms with Gasteiger partial charge in [0.2, 0.25) is 11.8 Å². The minimum atomic E-state index is -1.06. The van der Waals surface area contributed by atoms with E-state index in [4.69, 9.17) is 14.5 Å². The summed E-state index contributed by atoms with van der Waals surface area (Å²) in [7, 11) is 3.18. The second-order valence-electron chi connectivity index (χ2n) is 9.52. The molecular weight excluding hydrogens is 430 g/mol. The number of likely N-dealkylation sites (tertiary alicyclic amines) is 1. The molecule has 7 nitrogen and oxygen atoms in total. The van der Waals surface area contributed by atoms with Gasteiger partial charge in [-0.25, -0.2) is 0 Å². The van der Waals surface area contributed by atoms with Gasteiger partial charge in [-0.2, -0.15) is 0 Å². The maximum absolute atomic E-state index is 13.9. The number of ether oxygens (including phenoxy) is 2. The summed E-state index contributed by atoms with van der Waals surface area (Å²) in [6.07, 6.45) is 3.65. The quantitative estimate of drug-likeness (QED) is 0.655. The lowest BCUT2D eigenvalue weighted by Gasteiger charge is -2.35. The van der Waals surface area contributed by atoms with Crippen molar-refractivity contribution in [3.8, 4) is 11.5 Å². The molecule has 1 N–H and O–H groups in total. The first-order chi connectivity index (χ1) is 16.3. The number of nitrogens with one attached hydrogen (secondary N) is 1. The Morgan fingerprint density at radius 1 is 1.00 bits per heavy atom. The van der Waals surface area contributed by atoms with Crippen molar-refractivity contribution in [3.05, 3.63) is 53.6 Å². The lowest BCUT2D eigenvalue weighted by atomic mass is 9.81. The largest absolute Gasteiger partial charge is 0.493 e. The Labute approximate surface area is 201 Å². The molecule has 34 heavy (non-hydrogen) atoms. The third-order valence-corrected chi connectivity index (χ3v) is 6.42. The van der Waals surface area contributed by atoms with E-state index in [0.717, 1.165) is 30.4 Å². The van der Waals surface area contributed by atoms with Crippen LogP contribution in [0.4, 0.5) is 5.69 Å². The van der Waals surface area contributed by atoms with Crippen LogP contribution >= 0.6 is 0 Å². The van der Waals surface area contributed by atoms with Crippen LogP contribution < -0.4 is 14.8 Å². The number of piperidine rings is 1. The van der Waals surface area contributed by atoms with Crippen molar-refractivity contribution in [2.24, 2.45) is 10.9 Å². The van der Waals surface area contributed by atoms with Gasteiger partial charge in [-0.1, -0.05) is 18.2 Å². The number of hydrogen-bond acceptors (Lipinski definition) is 5. The van der Waals surface area contributed by atoms with Crippen molar-refractivity contribution in [1.82, 2.24) is 4.90 Å². The predicted molar refractivity (Wildman–Crippen MR) is 133 cm³/mol. The standard InChI is InChI=1S/C27H33N3O4/c1-27(2)17-18-15-21(33-3)22(34-4)16-20(18)24(29-27)23(26(32)30-13-9-6-10-14-30)25(31)28-19-11-7-5-8-12-19/h5,7-8,11-12,15-16,23H,6,9-10,13-14,17H2,1-4H3,(H,28,31). The summed E-state index contributed by atoms with van der Waals surface area (Å²) in [4.78, 5) is 34.3. The lowest BCUT2D eigenvalue weighted by molar-refractivity contribution is -0.138. The molecule has 2 amide bonds. The first-order valence-corrected chi connectivity index (χ1v) is 11.8. The van der Waals surface area contributed by atoms with Crippen molar-refractivity contribution < 1.29 is 19.1 Å². The van der Waals surface area contributed by atoms with Crippen molar-refractivity contribution >= 4 is 23.2 Å². The molecule has 2 aliphatic heterocycles. The second kappa shape index (κ2) is 9.87. The third-order valence-electron chi connectivity index (χ3n) is 6.42. The molecule has 0 spiro atoms. The number of rotatable bonds is 6. The predicted octanol–water partition coefficient (Wildman–Crippen LogP) is 4.10. The summed E-state index contributed by atoms with van der Waals surface area (Å²) in [6.45, 7) is 5.35. The Hall–Kier alpha value is -3.35. The van der Waals surface area contributed by atoms with Crippen molar-refractivity contribution in [2.75, 3.05) is 32.6 Å². The number of aliphatic imine (C=N–C) groups is 1. The van der Waals surface area contributed by atoms with Crippen LogP contribution in [0.5, 0.6) is 11.5 Å². The fourth-order valence-electron chi connectivity index (χ4n) is 4.80. The highest BCUT2D eigenvalue weighted by Crippen LogP contribution is 2.38. The van der Waals surface area contributed by atoms with Crippen LogP contribution in [0.1, 0.15) is 44.2 Å². The smallest absolute Gasteiger partial charge is 0.243 e. The van der Waals surface area contributed by atoms with Crippen LogP contribution in [0.15, 0.2) is 47.5 Å². The SMILES string of the molecule is COc1cc2c(cc1OC)C(C(C(=O)Nc1ccccc1)C(=O)N1CCCCC1)=NC(C)(C)C2. The number of hydrogen-bond donors (Lipinski definition) is 1. The number of anilines is 1. The number of nitrogens with zero attached hydrogens (tertiary/aromatic N) is 2. The second-order valence-corrected chi connectivity index (χ2v) is 9.52. The van der Waals surface area contributed by atoms with E-state index in [1.54, 1.807) is 14.2 Å². The van der Waals surface area contributed by atoms with Gasteiger partial charge < -0.3 is 19.7 Å².